The summed E-state index contributed by atoms with van der Waals surface area (Å²) in [6.07, 6.45) is 0. The van der Waals surface area contributed by atoms with E-state index in [4.69, 9.17) is 0 Å². The van der Waals surface area contributed by atoms with Crippen molar-refractivity contribution in [3.8, 4) is 16.8 Å². The van der Waals surface area contributed by atoms with Crippen molar-refractivity contribution in [1.29, 1.82) is 0 Å². The first kappa shape index (κ1) is 41.0. The molecule has 0 N–H and O–H groups in total. The number of anilines is 3. The molecule has 10 aromatic rings. The Morgan fingerprint density at radius 2 is 0.985 bits per heavy atom. The van der Waals surface area contributed by atoms with Crippen molar-refractivity contribution in [2.45, 2.75) is 105 Å². The number of rotatable bonds is 2. The monoisotopic (exact) mass is 857 g/mol. The van der Waals surface area contributed by atoms with Crippen LogP contribution in [-0.2, 0) is 21.7 Å². The average Bonchev–Trinajstić information content (AvgIpc) is 3.78. The van der Waals surface area contributed by atoms with Gasteiger partial charge in [-0.05, 0) is 144 Å². The van der Waals surface area contributed by atoms with Gasteiger partial charge in [0.15, 0.2) is 0 Å². The predicted molar refractivity (Wildman–Crippen MR) is 287 cm³/mol. The summed E-state index contributed by atoms with van der Waals surface area (Å²) >= 11 is 0. The molecule has 4 heteroatoms. The van der Waals surface area contributed by atoms with Crippen LogP contribution in [0.3, 0.4) is 0 Å². The number of hydrogen-bond acceptors (Lipinski definition) is 1. The van der Waals surface area contributed by atoms with Crippen molar-refractivity contribution in [3.05, 3.63) is 168 Å². The first-order valence-electron chi connectivity index (χ1n) is 24.0. The molecule has 0 unspecified atom stereocenters. The van der Waals surface area contributed by atoms with Gasteiger partial charge in [0.25, 0.3) is 0 Å². The highest BCUT2D eigenvalue weighted by atomic mass is 15.2. The number of aromatic nitrogens is 2. The SMILES string of the molecule is CC(C)(C)c1cc(N2c3cc4c5ccccc5n(-c5ccccc5)c4cc3B3c4c2cc2ccccc2c4-c2cc(C(C)(C)C)cc4c5cc(C(C)(C)C)ccc5n3c24)cc(C(C)(C)C)c1. The lowest BCUT2D eigenvalue weighted by molar-refractivity contribution is 0.569. The van der Waals surface area contributed by atoms with Gasteiger partial charge in [0.1, 0.15) is 0 Å². The smallest absolute Gasteiger partial charge is 0.333 e. The Labute approximate surface area is 390 Å². The Hall–Kier alpha value is -6.52. The third kappa shape index (κ3) is 5.89. The van der Waals surface area contributed by atoms with Crippen LogP contribution in [-0.4, -0.2) is 15.9 Å². The van der Waals surface area contributed by atoms with Crippen LogP contribution < -0.4 is 15.8 Å². The molecular weight excluding hydrogens is 798 g/mol. The zero-order valence-electron chi connectivity index (χ0n) is 40.8. The number of fused-ring (bicyclic) bond motifs is 12. The third-order valence-corrected chi connectivity index (χ3v) is 15.0. The zero-order valence-corrected chi connectivity index (χ0v) is 40.8. The van der Waals surface area contributed by atoms with E-state index in [1.165, 1.54) is 121 Å². The molecule has 2 aliphatic rings. The number of para-hydroxylation sites is 2. The van der Waals surface area contributed by atoms with Gasteiger partial charge >= 0.3 is 6.85 Å². The Bertz CT molecular complexity index is 3650. The minimum Gasteiger partial charge on any atom is -0.375 e. The van der Waals surface area contributed by atoms with Gasteiger partial charge in [-0.3, -0.25) is 0 Å². The van der Waals surface area contributed by atoms with Crippen LogP contribution in [0.25, 0.3) is 71.2 Å². The van der Waals surface area contributed by atoms with Crippen molar-refractivity contribution >= 4 is 89.2 Å². The normalized spacial score (nSPS) is 14.0. The summed E-state index contributed by atoms with van der Waals surface area (Å²) in [5, 5.41) is 7.76. The standard InChI is InChI=1S/C62H60BN3/c1-59(2,3)38-26-27-52-46(32-38)48-33-41(62(10,11)12)34-49-56-44-23-17-16-20-37(44)28-55-57(56)63(66(52)58(48)49)50-36-53-47(45-24-18-19-25-51(45)64(53)42-21-14-13-15-22-42)35-54(50)65(55)43-30-39(60(4,5)6)29-40(31-43)61(7,8)9/h13-36H,1-12H3. The second-order valence-corrected chi connectivity index (χ2v) is 23.6. The highest BCUT2D eigenvalue weighted by Crippen LogP contribution is 2.51. The number of benzene rings is 8. The number of nitrogens with zero attached hydrogens (tertiary/aromatic N) is 3. The maximum Gasteiger partial charge on any atom is 0.333 e. The first-order chi connectivity index (χ1) is 31.3. The Morgan fingerprint density at radius 1 is 0.394 bits per heavy atom. The van der Waals surface area contributed by atoms with E-state index >= 15 is 0 Å². The van der Waals surface area contributed by atoms with Crippen LogP contribution in [0.1, 0.15) is 105 Å². The first-order valence-corrected chi connectivity index (χ1v) is 24.0. The van der Waals surface area contributed by atoms with Crippen molar-refractivity contribution in [1.82, 2.24) is 9.05 Å². The van der Waals surface area contributed by atoms with Gasteiger partial charge in [-0.1, -0.05) is 156 Å². The molecule has 8 aromatic carbocycles. The van der Waals surface area contributed by atoms with Crippen molar-refractivity contribution in [2.24, 2.45) is 0 Å². The Morgan fingerprint density at radius 3 is 1.67 bits per heavy atom. The van der Waals surface area contributed by atoms with E-state index < -0.39 is 0 Å². The van der Waals surface area contributed by atoms with E-state index in [1.807, 2.05) is 0 Å². The summed E-state index contributed by atoms with van der Waals surface area (Å²) in [4.78, 5) is 2.66. The van der Waals surface area contributed by atoms with Gasteiger partial charge in [-0.15, -0.1) is 0 Å². The van der Waals surface area contributed by atoms with Gasteiger partial charge in [0.2, 0.25) is 0 Å². The van der Waals surface area contributed by atoms with Crippen LogP contribution >= 0.6 is 0 Å². The highest BCUT2D eigenvalue weighted by Gasteiger charge is 2.45. The molecule has 0 aliphatic carbocycles. The molecule has 0 saturated carbocycles. The molecule has 0 saturated heterocycles. The fourth-order valence-electron chi connectivity index (χ4n) is 11.4. The Balaban J connectivity index is 1.32. The molecule has 0 spiro atoms. The molecule has 0 radical (unpaired) electrons. The minimum absolute atomic E-state index is 0.00148. The van der Waals surface area contributed by atoms with Gasteiger partial charge in [0.05, 0.1) is 11.0 Å². The fraction of sp³-hybridized carbons (Fsp3) is 0.258. The molecule has 326 valence electrons. The van der Waals surface area contributed by atoms with Crippen LogP contribution in [0, 0.1) is 0 Å². The van der Waals surface area contributed by atoms with E-state index in [9.17, 15) is 0 Å². The lowest BCUT2D eigenvalue weighted by Crippen LogP contribution is -2.56. The largest absolute Gasteiger partial charge is 0.375 e. The maximum absolute atomic E-state index is 2.75. The molecular formula is C62H60BN3. The lowest BCUT2D eigenvalue weighted by atomic mass is 9.44. The van der Waals surface area contributed by atoms with Gasteiger partial charge in [-0.2, -0.15) is 0 Å². The number of hydrogen-bond donors (Lipinski definition) is 0. The van der Waals surface area contributed by atoms with Crippen molar-refractivity contribution in [2.75, 3.05) is 4.90 Å². The molecule has 66 heavy (non-hydrogen) atoms. The molecule has 3 nitrogen and oxygen atoms in total. The summed E-state index contributed by atoms with van der Waals surface area (Å²) in [6.45, 7) is 28.2. The quantitative estimate of drug-likeness (QED) is 0.158. The van der Waals surface area contributed by atoms with Crippen molar-refractivity contribution < 1.29 is 0 Å². The highest BCUT2D eigenvalue weighted by molar-refractivity contribution is 6.90. The summed E-state index contributed by atoms with van der Waals surface area (Å²) in [5.74, 6) is 0. The van der Waals surface area contributed by atoms with Gasteiger partial charge in [0, 0.05) is 60.9 Å². The maximum atomic E-state index is 2.75. The second-order valence-electron chi connectivity index (χ2n) is 23.6. The van der Waals surface area contributed by atoms with E-state index in [0.29, 0.717) is 0 Å². The summed E-state index contributed by atoms with van der Waals surface area (Å²) in [7, 11) is 0. The lowest BCUT2D eigenvalue weighted by Gasteiger charge is -2.42. The predicted octanol–water partition coefficient (Wildman–Crippen LogP) is 15.7. The van der Waals surface area contributed by atoms with Crippen LogP contribution in [0.4, 0.5) is 17.1 Å². The molecule has 2 aromatic heterocycles. The van der Waals surface area contributed by atoms with Crippen molar-refractivity contribution in [3.63, 3.8) is 0 Å². The second kappa shape index (κ2) is 13.5. The summed E-state index contributed by atoms with van der Waals surface area (Å²) < 4.78 is 5.25. The van der Waals surface area contributed by atoms with E-state index in [-0.39, 0.29) is 28.5 Å². The molecule has 4 heterocycles. The summed E-state index contributed by atoms with van der Waals surface area (Å²) in [6, 6.07) is 56.6. The van der Waals surface area contributed by atoms with Gasteiger partial charge < -0.3 is 13.9 Å². The zero-order chi connectivity index (χ0) is 46.0. The molecule has 0 atom stereocenters. The Kier molecular flexibility index (Phi) is 8.40. The van der Waals surface area contributed by atoms with E-state index in [2.05, 4.69) is 243 Å². The topological polar surface area (TPSA) is 13.1 Å². The van der Waals surface area contributed by atoms with Gasteiger partial charge in [-0.25, -0.2) is 0 Å². The molecule has 0 fully saturated rings. The molecule has 0 amide bonds. The molecule has 12 rings (SSSR count). The minimum atomic E-state index is -0.0983. The average molecular weight is 858 g/mol. The molecule has 0 bridgehead atoms. The fourth-order valence-corrected chi connectivity index (χ4v) is 11.4. The third-order valence-electron chi connectivity index (χ3n) is 15.0. The molecule has 2 aliphatic heterocycles. The van der Waals surface area contributed by atoms with Crippen LogP contribution in [0.2, 0.25) is 0 Å². The van der Waals surface area contributed by atoms with E-state index in [0.717, 1.165) is 0 Å². The summed E-state index contributed by atoms with van der Waals surface area (Å²) in [5.41, 5.74) is 20.5. The van der Waals surface area contributed by atoms with Crippen LogP contribution in [0.5, 0.6) is 0 Å². The van der Waals surface area contributed by atoms with E-state index in [1.54, 1.807) is 0 Å². The van der Waals surface area contributed by atoms with Crippen LogP contribution in [0.15, 0.2) is 146 Å².